The minimum atomic E-state index is -0.126. The Kier molecular flexibility index (Phi) is 2.60. The Morgan fingerprint density at radius 3 is 2.71 bits per heavy atom. The zero-order chi connectivity index (χ0) is 11.7. The maximum Gasteiger partial charge on any atom is 0.0415 e. The van der Waals surface area contributed by atoms with Crippen molar-refractivity contribution in [3.8, 4) is 0 Å². The lowest BCUT2D eigenvalue weighted by Gasteiger charge is -2.34. The molecule has 3 rings (SSSR count). The molecule has 1 aliphatic carbocycles. The first-order valence-corrected chi connectivity index (χ1v) is 6.42. The van der Waals surface area contributed by atoms with Gasteiger partial charge in [-0.05, 0) is 29.9 Å². The molecule has 0 bridgehead atoms. The van der Waals surface area contributed by atoms with Crippen molar-refractivity contribution in [1.29, 1.82) is 0 Å². The quantitative estimate of drug-likeness (QED) is 0.809. The smallest absolute Gasteiger partial charge is 0.0415 e. The van der Waals surface area contributed by atoms with Gasteiger partial charge in [0.15, 0.2) is 0 Å². The van der Waals surface area contributed by atoms with Crippen molar-refractivity contribution in [2.75, 3.05) is 0 Å². The molecule has 1 saturated carbocycles. The molecule has 0 amide bonds. The highest BCUT2D eigenvalue weighted by Crippen LogP contribution is 2.37. The van der Waals surface area contributed by atoms with Crippen LogP contribution in [0.25, 0.3) is 10.8 Å². The zero-order valence-electron chi connectivity index (χ0n) is 10.0. The standard InChI is InChI=1S/C15H18N2/c16-15(8-2-1-3-9-15)14-6-4-5-12-11-17-10-7-13(12)14/h4-7,10-11H,1-3,8-9,16H2. The molecule has 0 radical (unpaired) electrons. The second-order valence-electron chi connectivity index (χ2n) is 5.12. The van der Waals surface area contributed by atoms with Gasteiger partial charge in [-0.1, -0.05) is 37.5 Å². The van der Waals surface area contributed by atoms with Crippen LogP contribution >= 0.6 is 0 Å². The molecule has 0 spiro atoms. The summed E-state index contributed by atoms with van der Waals surface area (Å²) in [6, 6.07) is 8.49. The normalized spacial score (nSPS) is 19.4. The number of rotatable bonds is 1. The lowest BCUT2D eigenvalue weighted by atomic mass is 9.76. The van der Waals surface area contributed by atoms with Gasteiger partial charge in [0.2, 0.25) is 0 Å². The van der Waals surface area contributed by atoms with Gasteiger partial charge in [0.1, 0.15) is 0 Å². The lowest BCUT2D eigenvalue weighted by Crippen LogP contribution is -2.38. The highest BCUT2D eigenvalue weighted by atomic mass is 14.7. The van der Waals surface area contributed by atoms with E-state index in [1.165, 1.54) is 35.6 Å². The van der Waals surface area contributed by atoms with Gasteiger partial charge in [0.05, 0.1) is 0 Å². The summed E-state index contributed by atoms with van der Waals surface area (Å²) in [6.45, 7) is 0. The average Bonchev–Trinajstić information content (AvgIpc) is 2.39. The van der Waals surface area contributed by atoms with Gasteiger partial charge in [-0.15, -0.1) is 0 Å². The van der Waals surface area contributed by atoms with Crippen LogP contribution in [0.2, 0.25) is 0 Å². The minimum Gasteiger partial charge on any atom is -0.321 e. The molecule has 17 heavy (non-hydrogen) atoms. The summed E-state index contributed by atoms with van der Waals surface area (Å²) < 4.78 is 0. The van der Waals surface area contributed by atoms with E-state index in [4.69, 9.17) is 5.73 Å². The highest BCUT2D eigenvalue weighted by Gasteiger charge is 2.30. The van der Waals surface area contributed by atoms with E-state index in [9.17, 15) is 0 Å². The molecule has 0 atom stereocenters. The molecule has 2 heteroatoms. The molecule has 88 valence electrons. The van der Waals surface area contributed by atoms with Crippen LogP contribution in [0.4, 0.5) is 0 Å². The predicted molar refractivity (Wildman–Crippen MR) is 70.7 cm³/mol. The third kappa shape index (κ3) is 1.83. The summed E-state index contributed by atoms with van der Waals surface area (Å²) in [5.74, 6) is 0. The number of hydrogen-bond donors (Lipinski definition) is 1. The summed E-state index contributed by atoms with van der Waals surface area (Å²) in [6.07, 6.45) is 9.81. The highest BCUT2D eigenvalue weighted by molar-refractivity contribution is 5.85. The number of pyridine rings is 1. The molecule has 1 aromatic heterocycles. The molecule has 2 nitrogen and oxygen atoms in total. The van der Waals surface area contributed by atoms with Crippen LogP contribution in [0.1, 0.15) is 37.7 Å². The second-order valence-corrected chi connectivity index (χ2v) is 5.12. The van der Waals surface area contributed by atoms with Crippen LogP contribution < -0.4 is 5.73 Å². The molecule has 1 heterocycles. The summed E-state index contributed by atoms with van der Waals surface area (Å²) in [5, 5.41) is 2.47. The Labute approximate surface area is 102 Å². The van der Waals surface area contributed by atoms with Crippen molar-refractivity contribution in [2.45, 2.75) is 37.6 Å². The average molecular weight is 226 g/mol. The first-order chi connectivity index (χ1) is 8.30. The van der Waals surface area contributed by atoms with Gasteiger partial charge in [-0.3, -0.25) is 4.98 Å². The SMILES string of the molecule is NC1(c2cccc3cnccc23)CCCCC1. The minimum absolute atomic E-state index is 0.126. The first kappa shape index (κ1) is 10.7. The van der Waals surface area contributed by atoms with Gasteiger partial charge in [0.25, 0.3) is 0 Å². The number of aromatic nitrogens is 1. The van der Waals surface area contributed by atoms with Crippen molar-refractivity contribution in [3.63, 3.8) is 0 Å². The van der Waals surface area contributed by atoms with E-state index < -0.39 is 0 Å². The zero-order valence-corrected chi connectivity index (χ0v) is 10.0. The van der Waals surface area contributed by atoms with Crippen molar-refractivity contribution < 1.29 is 0 Å². The van der Waals surface area contributed by atoms with E-state index in [0.29, 0.717) is 0 Å². The fourth-order valence-electron chi connectivity index (χ4n) is 3.01. The fraction of sp³-hybridized carbons (Fsp3) is 0.400. The van der Waals surface area contributed by atoms with Crippen LogP contribution in [0.5, 0.6) is 0 Å². The molecule has 1 aromatic carbocycles. The van der Waals surface area contributed by atoms with Gasteiger partial charge in [-0.2, -0.15) is 0 Å². The van der Waals surface area contributed by atoms with E-state index in [-0.39, 0.29) is 5.54 Å². The van der Waals surface area contributed by atoms with E-state index in [2.05, 4.69) is 29.2 Å². The predicted octanol–water partition coefficient (Wildman–Crippen LogP) is 3.35. The van der Waals surface area contributed by atoms with Crippen LogP contribution in [0.15, 0.2) is 36.7 Å². The van der Waals surface area contributed by atoms with E-state index in [0.717, 1.165) is 12.8 Å². The Balaban J connectivity index is 2.16. The lowest BCUT2D eigenvalue weighted by molar-refractivity contribution is 0.304. The number of fused-ring (bicyclic) bond motifs is 1. The monoisotopic (exact) mass is 226 g/mol. The third-order valence-corrected chi connectivity index (χ3v) is 3.96. The number of nitrogens with two attached hydrogens (primary N) is 1. The summed E-state index contributed by atoms with van der Waals surface area (Å²) >= 11 is 0. The summed E-state index contributed by atoms with van der Waals surface area (Å²) in [4.78, 5) is 4.18. The molecule has 2 N–H and O–H groups in total. The van der Waals surface area contributed by atoms with Crippen molar-refractivity contribution in [2.24, 2.45) is 5.73 Å². The van der Waals surface area contributed by atoms with Crippen molar-refractivity contribution >= 4 is 10.8 Å². The molecule has 0 unspecified atom stereocenters. The molecule has 1 fully saturated rings. The van der Waals surface area contributed by atoms with Crippen molar-refractivity contribution in [1.82, 2.24) is 4.98 Å². The number of hydrogen-bond acceptors (Lipinski definition) is 2. The second kappa shape index (κ2) is 4.11. The van der Waals surface area contributed by atoms with Crippen LogP contribution in [0.3, 0.4) is 0 Å². The Hall–Kier alpha value is -1.41. The molecule has 1 aliphatic rings. The van der Waals surface area contributed by atoms with Gasteiger partial charge >= 0.3 is 0 Å². The largest absolute Gasteiger partial charge is 0.321 e. The van der Waals surface area contributed by atoms with Crippen LogP contribution in [-0.4, -0.2) is 4.98 Å². The van der Waals surface area contributed by atoms with Crippen molar-refractivity contribution in [3.05, 3.63) is 42.2 Å². The molecular weight excluding hydrogens is 208 g/mol. The van der Waals surface area contributed by atoms with E-state index in [1.807, 2.05) is 12.4 Å². The molecule has 2 aromatic rings. The fourth-order valence-corrected chi connectivity index (χ4v) is 3.01. The van der Waals surface area contributed by atoms with Crippen LogP contribution in [0, 0.1) is 0 Å². The molecular formula is C15H18N2. The maximum absolute atomic E-state index is 6.63. The number of nitrogens with zero attached hydrogens (tertiary/aromatic N) is 1. The van der Waals surface area contributed by atoms with E-state index >= 15 is 0 Å². The number of benzene rings is 1. The third-order valence-electron chi connectivity index (χ3n) is 3.96. The van der Waals surface area contributed by atoms with Gasteiger partial charge in [-0.25, -0.2) is 0 Å². The topological polar surface area (TPSA) is 38.9 Å². The summed E-state index contributed by atoms with van der Waals surface area (Å²) in [5.41, 5.74) is 7.80. The van der Waals surface area contributed by atoms with Gasteiger partial charge < -0.3 is 5.73 Å². The molecule has 0 aliphatic heterocycles. The van der Waals surface area contributed by atoms with Gasteiger partial charge in [0, 0.05) is 23.3 Å². The Morgan fingerprint density at radius 2 is 1.88 bits per heavy atom. The Morgan fingerprint density at radius 1 is 1.06 bits per heavy atom. The van der Waals surface area contributed by atoms with Crippen LogP contribution in [-0.2, 0) is 5.54 Å². The van der Waals surface area contributed by atoms with E-state index in [1.54, 1.807) is 0 Å². The first-order valence-electron chi connectivity index (χ1n) is 6.42. The molecule has 0 saturated heterocycles. The Bertz CT molecular complexity index is 522. The summed E-state index contributed by atoms with van der Waals surface area (Å²) in [7, 11) is 0. The maximum atomic E-state index is 6.63.